The van der Waals surface area contributed by atoms with Crippen molar-refractivity contribution < 1.29 is 54.2 Å². The van der Waals surface area contributed by atoms with Gasteiger partial charge < -0.3 is 49.4 Å². The summed E-state index contributed by atoms with van der Waals surface area (Å²) in [4.78, 5) is 13.1. The Morgan fingerprint density at radius 2 is 0.562 bits per heavy atom. The Balaban J connectivity index is 1.14. The fourth-order valence-corrected chi connectivity index (χ4v) is 70.8. The molecule has 0 aromatic carbocycles. The van der Waals surface area contributed by atoms with Crippen molar-refractivity contribution in [1.82, 2.24) is 0 Å². The highest BCUT2D eigenvalue weighted by Crippen LogP contribution is 2.66. The molecule has 7 saturated carbocycles. The molecule has 0 unspecified atom stereocenters. The molecular weight excluding hydrogens is 949 g/mol. The normalized spacial score (nSPS) is 46.3. The van der Waals surface area contributed by atoms with Crippen molar-refractivity contribution in [2.24, 2.45) is 0 Å². The highest BCUT2D eigenvalue weighted by molar-refractivity contribution is 7.04. The van der Waals surface area contributed by atoms with Crippen LogP contribution in [0.25, 0.3) is 0 Å². The minimum absolute atomic E-state index is 0.0139. The average molecular weight is 1030 g/mol. The second-order valence-corrected chi connectivity index (χ2v) is 48.2. The Morgan fingerprint density at radius 3 is 0.766 bits per heavy atom. The molecule has 6 heterocycles. The zero-order valence-electron chi connectivity index (χ0n) is 38.7. The second-order valence-electron chi connectivity index (χ2n) is 22.4. The first-order valence-corrected chi connectivity index (χ1v) is 41.2. The molecule has 0 atom stereocenters. The van der Waals surface area contributed by atoms with Crippen LogP contribution in [0.4, 0.5) is 0 Å². The lowest BCUT2D eigenvalue weighted by Gasteiger charge is -2.66. The van der Waals surface area contributed by atoms with Gasteiger partial charge in [-0.25, -0.2) is 0 Å². The van der Waals surface area contributed by atoms with E-state index in [1.165, 1.54) is 0 Å². The van der Waals surface area contributed by atoms with Crippen molar-refractivity contribution in [3.8, 4) is 0 Å². The summed E-state index contributed by atoms with van der Waals surface area (Å²) in [6.45, 7) is 5.80. The molecule has 21 heteroatoms. The van der Waals surface area contributed by atoms with Crippen LogP contribution < -0.4 is 0 Å². The van der Waals surface area contributed by atoms with E-state index >= 15 is 0 Å². The Hall–Kier alpha value is 0.665. The monoisotopic (exact) mass is 1020 g/mol. The fourth-order valence-electron chi connectivity index (χ4n) is 14.6. The number of unbranched alkanes of at least 4 members (excludes halogenated alkanes) is 1. The quantitative estimate of drug-likeness (QED) is 0.0987. The molecule has 64 heavy (non-hydrogen) atoms. The van der Waals surface area contributed by atoms with Gasteiger partial charge in [0.05, 0.1) is 0 Å². The van der Waals surface area contributed by atoms with Gasteiger partial charge in [-0.3, -0.25) is 4.79 Å². The topological polar surface area (TPSA) is 128 Å². The lowest BCUT2D eigenvalue weighted by molar-refractivity contribution is -0.115. The van der Waals surface area contributed by atoms with E-state index in [1.807, 2.05) is 6.92 Å². The summed E-state index contributed by atoms with van der Waals surface area (Å²) in [7, 11) is -31.7. The van der Waals surface area contributed by atoms with E-state index in [0.29, 0.717) is 30.9 Å². The van der Waals surface area contributed by atoms with Crippen molar-refractivity contribution in [3.63, 3.8) is 0 Å². The van der Waals surface area contributed by atoms with Crippen LogP contribution in [0.3, 0.4) is 0 Å². The minimum atomic E-state index is -4.02. The van der Waals surface area contributed by atoms with Crippen molar-refractivity contribution in [2.45, 2.75) is 251 Å². The van der Waals surface area contributed by atoms with Crippen LogP contribution in [0.15, 0.2) is 12.2 Å². The molecule has 0 aromatic rings. The Bertz CT molecular complexity index is 1580. The van der Waals surface area contributed by atoms with Gasteiger partial charge in [0.1, 0.15) is 0 Å². The first kappa shape index (κ1) is 45.8. The molecule has 13 nitrogen and oxygen atoms in total. The van der Waals surface area contributed by atoms with Crippen LogP contribution in [0.2, 0.25) is 44.8 Å². The molecule has 0 amide bonds. The first-order valence-electron chi connectivity index (χ1n) is 26.6. The molecule has 13 fully saturated rings. The summed E-state index contributed by atoms with van der Waals surface area (Å²) < 4.78 is 101. The van der Waals surface area contributed by atoms with Crippen molar-refractivity contribution in [2.75, 3.05) is 0 Å². The van der Waals surface area contributed by atoms with E-state index in [0.717, 1.165) is 180 Å². The van der Waals surface area contributed by atoms with Crippen LogP contribution in [0.5, 0.6) is 0 Å². The number of allylic oxidation sites excluding steroid dienone is 1. The summed E-state index contributed by atoms with van der Waals surface area (Å²) in [6, 6.07) is 0.490. The van der Waals surface area contributed by atoms with Crippen LogP contribution in [-0.4, -0.2) is 76.2 Å². The van der Waals surface area contributed by atoms with E-state index < -0.39 is 70.4 Å². The lowest BCUT2D eigenvalue weighted by Crippen LogP contribution is -2.90. The van der Waals surface area contributed by atoms with Crippen LogP contribution in [0, 0.1) is 0 Å². The molecular formula is C43H76O13Si8. The van der Waals surface area contributed by atoms with Gasteiger partial charge in [0.2, 0.25) is 0 Å². The van der Waals surface area contributed by atoms with Crippen LogP contribution in [0.1, 0.15) is 206 Å². The molecule has 13 aliphatic rings. The highest BCUT2D eigenvalue weighted by atomic mass is 28.6. The number of hydrogen-bond acceptors (Lipinski definition) is 13. The number of rotatable bonds is 13. The minimum Gasteiger partial charge on any atom is -0.373 e. The van der Waals surface area contributed by atoms with Crippen LogP contribution >= 0.6 is 0 Å². The summed E-state index contributed by atoms with van der Waals surface area (Å²) >= 11 is 0. The molecule has 0 N–H and O–H groups in total. The molecule has 13 rings (SSSR count). The summed E-state index contributed by atoms with van der Waals surface area (Å²) in [5.74, 6) is 0.0973. The largest absolute Gasteiger partial charge is 0.482 e. The van der Waals surface area contributed by atoms with Gasteiger partial charge in [-0.05, 0) is 115 Å². The molecule has 8 bridgehead atoms. The molecule has 0 radical (unpaired) electrons. The molecule has 358 valence electrons. The Labute approximate surface area is 391 Å². The van der Waals surface area contributed by atoms with E-state index in [1.54, 1.807) is 0 Å². The van der Waals surface area contributed by atoms with Gasteiger partial charge in [-0.2, -0.15) is 0 Å². The van der Waals surface area contributed by atoms with Gasteiger partial charge in [0.15, 0.2) is 5.78 Å². The lowest BCUT2D eigenvalue weighted by atomic mass is 10.1. The van der Waals surface area contributed by atoms with Gasteiger partial charge >= 0.3 is 70.4 Å². The van der Waals surface area contributed by atoms with Gasteiger partial charge in [-0.1, -0.05) is 96.5 Å². The van der Waals surface area contributed by atoms with Gasteiger partial charge in [0.25, 0.3) is 0 Å². The highest BCUT2D eigenvalue weighted by Gasteiger charge is 2.88. The first-order chi connectivity index (χ1) is 31.0. The number of Topliss-reactive ketones (excluding diaryl/α,β-unsaturated/α-hetero) is 1. The van der Waals surface area contributed by atoms with E-state index in [-0.39, 0.29) is 44.6 Å². The predicted molar refractivity (Wildman–Crippen MR) is 253 cm³/mol. The predicted octanol–water partition coefficient (Wildman–Crippen LogP) is 11.7. The third-order valence-corrected chi connectivity index (χ3v) is 57.7. The summed E-state index contributed by atoms with van der Waals surface area (Å²) in [5.41, 5.74) is 0.814. The Morgan fingerprint density at radius 1 is 0.359 bits per heavy atom. The Kier molecular flexibility index (Phi) is 12.5. The summed E-state index contributed by atoms with van der Waals surface area (Å²) in [5, 5.41) is 0. The average Bonchev–Trinajstić information content (AvgIpc) is 4.12. The molecule has 6 saturated heterocycles. The van der Waals surface area contributed by atoms with Gasteiger partial charge in [0, 0.05) is 51.3 Å². The number of hydrogen-bond donors (Lipinski definition) is 0. The SMILES string of the molecule is C=C(C)C(=O)CCCC[Si]12O[Si]3(C4CCCC4)O[Si]4(C5CCCC5)O[Si](C5CCCC5)(O1)O[Si]1(C5CCCC5)O[Si](C5CCCC5)(O2)O[Si](C2CCCC2)(O3)O[Si](C2CCCC2)(O4)O1. The number of ketones is 1. The smallest absolute Gasteiger partial charge is 0.373 e. The van der Waals surface area contributed by atoms with E-state index in [2.05, 4.69) is 6.58 Å². The van der Waals surface area contributed by atoms with E-state index in [9.17, 15) is 4.79 Å². The summed E-state index contributed by atoms with van der Waals surface area (Å²) in [6.07, 6.45) is 30.4. The van der Waals surface area contributed by atoms with Gasteiger partial charge in [-0.15, -0.1) is 0 Å². The third-order valence-electron chi connectivity index (χ3n) is 18.1. The maximum absolute atomic E-state index is 13.1. The zero-order chi connectivity index (χ0) is 43.3. The third kappa shape index (κ3) is 7.72. The standard InChI is InChI=1S/C43H76O13Si8/c1-35(2)43(44)33-17-18-34-57-45-58(36-19-3-4-20-36)48-61(39-25-9-10-26-39)50-59(46-57,37-21-5-6-22-37)52-63(41-29-13-14-30-41)53-60(47-57,38-23-7-8-24-38)51-62(49-58,40-27-11-12-28-40)55-64(54-61,56-63)42-31-15-16-32-42/h36-42H,1,3-34H2,2H3. The number of carbonyl (C=O) groups excluding carboxylic acids is 1. The van der Waals surface area contributed by atoms with Crippen LogP contribution in [-0.2, 0) is 54.2 Å². The van der Waals surface area contributed by atoms with E-state index in [4.69, 9.17) is 49.4 Å². The maximum Gasteiger partial charge on any atom is 0.482 e. The maximum atomic E-state index is 13.1. The second kappa shape index (κ2) is 17.5. The zero-order valence-corrected chi connectivity index (χ0v) is 46.7. The molecule has 6 aliphatic heterocycles. The number of carbonyl (C=O) groups is 1. The van der Waals surface area contributed by atoms with Crippen molar-refractivity contribution in [1.29, 1.82) is 0 Å². The molecule has 7 aliphatic carbocycles. The van der Waals surface area contributed by atoms with Crippen molar-refractivity contribution >= 4 is 76.2 Å². The fraction of sp³-hybridized carbons (Fsp3) is 0.930. The molecule has 0 spiro atoms. The van der Waals surface area contributed by atoms with Crippen molar-refractivity contribution in [3.05, 3.63) is 12.2 Å². The molecule has 0 aromatic heterocycles.